The van der Waals surface area contributed by atoms with E-state index in [0.29, 0.717) is 0 Å². The quantitative estimate of drug-likeness (QED) is 0.878. The van der Waals surface area contributed by atoms with Crippen LogP contribution in [0.1, 0.15) is 43.5 Å². The second-order valence-electron chi connectivity index (χ2n) is 6.02. The molecule has 0 aliphatic carbocycles. The van der Waals surface area contributed by atoms with Gasteiger partial charge in [0.25, 0.3) is 0 Å². The Morgan fingerprint density at radius 3 is 2.26 bits per heavy atom. The van der Waals surface area contributed by atoms with Crippen LogP contribution in [0, 0.1) is 19.7 Å². The van der Waals surface area contributed by atoms with Crippen molar-refractivity contribution in [2.45, 2.75) is 46.2 Å². The molecule has 3 heteroatoms. The molecule has 1 atom stereocenters. The van der Waals surface area contributed by atoms with Gasteiger partial charge in [0, 0.05) is 11.1 Å². The maximum atomic E-state index is 14.4. The first-order valence-electron chi connectivity index (χ1n) is 6.89. The second-order valence-corrected chi connectivity index (χ2v) is 6.02. The van der Waals surface area contributed by atoms with Gasteiger partial charge in [0.15, 0.2) is 0 Å². The lowest BCUT2D eigenvalue weighted by atomic mass is 9.84. The van der Waals surface area contributed by atoms with Gasteiger partial charge in [0.05, 0.1) is 6.04 Å². The van der Waals surface area contributed by atoms with Crippen molar-refractivity contribution < 1.29 is 4.39 Å². The van der Waals surface area contributed by atoms with Gasteiger partial charge < -0.3 is 10.2 Å². The predicted molar refractivity (Wildman–Crippen MR) is 80.1 cm³/mol. The third kappa shape index (κ3) is 3.34. The Labute approximate surface area is 117 Å². The van der Waals surface area contributed by atoms with E-state index in [0.717, 1.165) is 23.2 Å². The van der Waals surface area contributed by atoms with E-state index in [1.165, 1.54) is 0 Å². The molecule has 0 bridgehead atoms. The molecule has 108 valence electrons. The summed E-state index contributed by atoms with van der Waals surface area (Å²) in [4.78, 5) is 2.14. The van der Waals surface area contributed by atoms with Gasteiger partial charge in [-0.15, -0.1) is 0 Å². The number of hydrogen-bond acceptors (Lipinski definition) is 2. The summed E-state index contributed by atoms with van der Waals surface area (Å²) >= 11 is 0. The van der Waals surface area contributed by atoms with Crippen LogP contribution in [-0.4, -0.2) is 31.1 Å². The van der Waals surface area contributed by atoms with E-state index in [9.17, 15) is 4.39 Å². The lowest BCUT2D eigenvalue weighted by Gasteiger charge is -2.41. The molecule has 0 aliphatic heterocycles. The van der Waals surface area contributed by atoms with Crippen molar-refractivity contribution in [2.75, 3.05) is 20.6 Å². The summed E-state index contributed by atoms with van der Waals surface area (Å²) < 4.78 is 14.4. The lowest BCUT2D eigenvalue weighted by molar-refractivity contribution is 0.136. The highest BCUT2D eigenvalue weighted by Gasteiger charge is 2.34. The fourth-order valence-electron chi connectivity index (χ4n) is 2.46. The molecule has 0 aliphatic rings. The zero-order chi connectivity index (χ0) is 14.8. The number of benzene rings is 1. The number of nitrogens with zero attached hydrogens (tertiary/aromatic N) is 1. The average molecular weight is 266 g/mol. The average Bonchev–Trinajstić information content (AvgIpc) is 2.26. The fraction of sp³-hybridized carbons (Fsp3) is 0.625. The molecule has 19 heavy (non-hydrogen) atoms. The first kappa shape index (κ1) is 16.1. The Kier molecular flexibility index (Phi) is 5.11. The number of nitrogens with one attached hydrogen (secondary N) is 1. The maximum Gasteiger partial charge on any atom is 0.128 e. The normalized spacial score (nSPS) is 13.9. The molecule has 0 radical (unpaired) electrons. The van der Waals surface area contributed by atoms with Crippen LogP contribution >= 0.6 is 0 Å². The van der Waals surface area contributed by atoms with Crippen LogP contribution in [0.3, 0.4) is 0 Å². The van der Waals surface area contributed by atoms with Gasteiger partial charge in [-0.3, -0.25) is 0 Å². The van der Waals surface area contributed by atoms with E-state index in [2.05, 4.69) is 37.1 Å². The second kappa shape index (κ2) is 6.02. The monoisotopic (exact) mass is 266 g/mol. The van der Waals surface area contributed by atoms with Gasteiger partial charge in [0.1, 0.15) is 5.82 Å². The van der Waals surface area contributed by atoms with E-state index in [4.69, 9.17) is 0 Å². The highest BCUT2D eigenvalue weighted by Crippen LogP contribution is 2.33. The van der Waals surface area contributed by atoms with Gasteiger partial charge in [-0.1, -0.05) is 13.0 Å². The van der Waals surface area contributed by atoms with Crippen LogP contribution in [0.4, 0.5) is 4.39 Å². The van der Waals surface area contributed by atoms with E-state index in [-0.39, 0.29) is 17.4 Å². The Morgan fingerprint density at radius 2 is 1.84 bits per heavy atom. The highest BCUT2D eigenvalue weighted by atomic mass is 19.1. The molecule has 1 N–H and O–H groups in total. The molecule has 1 aromatic rings. The summed E-state index contributed by atoms with van der Waals surface area (Å²) in [6, 6.07) is 3.64. The van der Waals surface area contributed by atoms with Crippen LogP contribution < -0.4 is 5.32 Å². The van der Waals surface area contributed by atoms with Crippen LogP contribution in [0.2, 0.25) is 0 Å². The Hall–Kier alpha value is -0.930. The van der Waals surface area contributed by atoms with Gasteiger partial charge in [-0.25, -0.2) is 4.39 Å². The van der Waals surface area contributed by atoms with Crippen LogP contribution in [0.5, 0.6) is 0 Å². The first-order chi connectivity index (χ1) is 8.71. The van der Waals surface area contributed by atoms with Crippen molar-refractivity contribution >= 4 is 0 Å². The Balaban J connectivity index is 3.35. The van der Waals surface area contributed by atoms with E-state index >= 15 is 0 Å². The number of likely N-dealkylation sites (N-methyl/N-ethyl adjacent to an activating group) is 2. The van der Waals surface area contributed by atoms with Crippen molar-refractivity contribution in [3.63, 3.8) is 0 Å². The zero-order valence-electron chi connectivity index (χ0n) is 13.3. The smallest absolute Gasteiger partial charge is 0.128 e. The SMILES string of the molecule is CCNC(c1c(C)cc(C)cc1F)C(C)(C)N(C)C. The van der Waals surface area contributed by atoms with Crippen molar-refractivity contribution in [1.29, 1.82) is 0 Å². The molecule has 1 aromatic carbocycles. The van der Waals surface area contributed by atoms with Crippen molar-refractivity contribution in [3.8, 4) is 0 Å². The predicted octanol–water partition coefficient (Wildman–Crippen LogP) is 3.43. The number of halogens is 1. The van der Waals surface area contributed by atoms with Crippen molar-refractivity contribution in [1.82, 2.24) is 10.2 Å². The zero-order valence-corrected chi connectivity index (χ0v) is 13.3. The van der Waals surface area contributed by atoms with Gasteiger partial charge in [0.2, 0.25) is 0 Å². The molecular weight excluding hydrogens is 239 g/mol. The van der Waals surface area contributed by atoms with Gasteiger partial charge in [-0.05, 0) is 65.5 Å². The summed E-state index contributed by atoms with van der Waals surface area (Å²) in [5, 5.41) is 3.44. The summed E-state index contributed by atoms with van der Waals surface area (Å²) in [7, 11) is 4.07. The minimum absolute atomic E-state index is 0.0342. The number of hydrogen-bond donors (Lipinski definition) is 1. The summed E-state index contributed by atoms with van der Waals surface area (Å²) in [5.41, 5.74) is 2.60. The van der Waals surface area contributed by atoms with E-state index < -0.39 is 0 Å². The topological polar surface area (TPSA) is 15.3 Å². The molecule has 0 heterocycles. The summed E-state index contributed by atoms with van der Waals surface area (Å²) in [6.07, 6.45) is 0. The van der Waals surface area contributed by atoms with Crippen molar-refractivity contribution in [2.24, 2.45) is 0 Å². The summed E-state index contributed by atoms with van der Waals surface area (Å²) in [5.74, 6) is -0.113. The van der Waals surface area contributed by atoms with E-state index in [1.807, 2.05) is 27.9 Å². The molecule has 0 amide bonds. The molecule has 0 saturated heterocycles. The number of rotatable bonds is 5. The minimum atomic E-state index is -0.170. The Bertz CT molecular complexity index is 415. The molecule has 0 aromatic heterocycles. The standard InChI is InChI=1S/C16H27FN2/c1-8-18-15(16(4,5)19(6)7)14-12(3)9-11(2)10-13(14)17/h9-10,15,18H,8H2,1-7H3. The molecule has 2 nitrogen and oxygen atoms in total. The van der Waals surface area contributed by atoms with Gasteiger partial charge in [-0.2, -0.15) is 0 Å². The maximum absolute atomic E-state index is 14.4. The number of aryl methyl sites for hydroxylation is 2. The third-order valence-electron chi connectivity index (χ3n) is 4.04. The molecule has 1 rings (SSSR count). The lowest BCUT2D eigenvalue weighted by Crippen LogP contribution is -2.49. The fourth-order valence-corrected chi connectivity index (χ4v) is 2.46. The largest absolute Gasteiger partial charge is 0.309 e. The van der Waals surface area contributed by atoms with Crippen molar-refractivity contribution in [3.05, 3.63) is 34.6 Å². The minimum Gasteiger partial charge on any atom is -0.309 e. The highest BCUT2D eigenvalue weighted by molar-refractivity contribution is 5.36. The molecule has 0 saturated carbocycles. The first-order valence-corrected chi connectivity index (χ1v) is 6.89. The van der Waals surface area contributed by atoms with Crippen LogP contribution in [0.15, 0.2) is 12.1 Å². The summed E-state index contributed by atoms with van der Waals surface area (Å²) in [6.45, 7) is 11.1. The van der Waals surface area contributed by atoms with Crippen LogP contribution in [0.25, 0.3) is 0 Å². The third-order valence-corrected chi connectivity index (χ3v) is 4.04. The molecule has 0 fully saturated rings. The molecular formula is C16H27FN2. The molecule has 0 spiro atoms. The van der Waals surface area contributed by atoms with E-state index in [1.54, 1.807) is 6.07 Å². The molecule has 1 unspecified atom stereocenters. The van der Waals surface area contributed by atoms with Gasteiger partial charge >= 0.3 is 0 Å². The Morgan fingerprint density at radius 1 is 1.26 bits per heavy atom. The van der Waals surface area contributed by atoms with Crippen LogP contribution in [-0.2, 0) is 0 Å².